The molecule has 0 spiro atoms. The van der Waals surface area contributed by atoms with Gasteiger partial charge in [0.2, 0.25) is 21.8 Å². The van der Waals surface area contributed by atoms with Crippen LogP contribution in [0.2, 0.25) is 0 Å². The lowest BCUT2D eigenvalue weighted by Crippen LogP contribution is -2.62. The van der Waals surface area contributed by atoms with E-state index < -0.39 is 186 Å². The maximum absolute atomic E-state index is 15.3. The van der Waals surface area contributed by atoms with E-state index in [1.165, 1.54) is 128 Å². The maximum Gasteiger partial charge on any atom is 0.352 e. The van der Waals surface area contributed by atoms with Crippen molar-refractivity contribution in [3.05, 3.63) is 259 Å². The minimum atomic E-state index is -4.33. The van der Waals surface area contributed by atoms with Gasteiger partial charge in [0.25, 0.3) is 47.3 Å². The number of carbonyl (C=O) groups excluding carboxylic acids is 10. The molecule has 4 aliphatic rings. The standard InChI is InChI=1S/2C24H25F4N3O3.C23H25F4N3O4S.C22H23F4N3O2/c1-13-9-18(6-8-20(13)25)29-22(33)17-5-7-21(26)19(10-17)24(27,28)23(34)30-11-14(2)31(16(4)32)15(3)12-30;1-13-9-18(6-8-20(13)25)29-22(33)17-5-7-21(26)19(10-17)24(27,28)23(34)31-14(2)11-30(16(4)32)12-15(31)3;1-13-9-17(6-8-19(13)24)28-21(31)16-5-7-20(25)18(10-16)23(26,27)22(32)30-14(2)11-29(12-15(30)3)35(4,33)34;1-12-8-16(5-7-18(12)23)28-20(30)15-4-6-19(24)17(9-15)22(25,26)21(31)29-10-13(2)27-14(3)11-29/h2*5-10,14-15H,11-12H2,1-4H3,(H,29,33);5-10,14-15H,11-12H2,1-4H3,(H,28,31);4-9,13-14,27H,10-11H2,1-3H3,(H,28,30)/t3*14-,15+;13-,14+. The van der Waals surface area contributed by atoms with Gasteiger partial charge >= 0.3 is 23.7 Å². The van der Waals surface area contributed by atoms with Crippen molar-refractivity contribution in [3.8, 4) is 0 Å². The summed E-state index contributed by atoms with van der Waals surface area (Å²) in [7, 11) is -3.60. The van der Waals surface area contributed by atoms with Gasteiger partial charge in [0.15, 0.2) is 0 Å². The van der Waals surface area contributed by atoms with E-state index in [0.29, 0.717) is 42.5 Å². The van der Waals surface area contributed by atoms with Crippen LogP contribution in [0.5, 0.6) is 0 Å². The summed E-state index contributed by atoms with van der Waals surface area (Å²) < 4.78 is 258. The fourth-order valence-corrected chi connectivity index (χ4v) is 17.0. The zero-order valence-corrected chi connectivity index (χ0v) is 75.9. The highest BCUT2D eigenvalue weighted by molar-refractivity contribution is 7.88. The smallest absolute Gasteiger partial charge is 0.339 e. The number of anilines is 4. The van der Waals surface area contributed by atoms with Crippen molar-refractivity contribution < 1.29 is 127 Å². The molecule has 720 valence electrons. The number of rotatable bonds is 17. The first kappa shape index (κ1) is 105. The average Bonchev–Trinajstić information content (AvgIpc) is 0.777. The summed E-state index contributed by atoms with van der Waals surface area (Å²) >= 11 is 0. The van der Waals surface area contributed by atoms with Crippen LogP contribution in [0.25, 0.3) is 0 Å². The van der Waals surface area contributed by atoms with Gasteiger partial charge in [-0.25, -0.2) is 43.5 Å². The number of nitrogens with one attached hydrogen (secondary N) is 5. The molecule has 41 heteroatoms. The zero-order valence-electron chi connectivity index (χ0n) is 75.1. The van der Waals surface area contributed by atoms with E-state index in [2.05, 4.69) is 26.6 Å². The largest absolute Gasteiger partial charge is 0.352 e. The lowest BCUT2D eigenvalue weighted by atomic mass is 10.00. The van der Waals surface area contributed by atoms with Crippen LogP contribution in [0.1, 0.15) is 155 Å². The molecule has 8 aromatic carbocycles. The predicted molar refractivity (Wildman–Crippen MR) is 464 cm³/mol. The van der Waals surface area contributed by atoms with Crippen LogP contribution in [-0.4, -0.2) is 208 Å². The highest BCUT2D eigenvalue weighted by Crippen LogP contribution is 2.41. The molecule has 10 amide bonds. The van der Waals surface area contributed by atoms with Crippen molar-refractivity contribution in [3.63, 3.8) is 0 Å². The van der Waals surface area contributed by atoms with Crippen molar-refractivity contribution in [1.29, 1.82) is 0 Å². The van der Waals surface area contributed by atoms with Crippen molar-refractivity contribution in [2.45, 2.75) is 169 Å². The summed E-state index contributed by atoms with van der Waals surface area (Å²) in [6, 6.07) is 20.0. The average molecular weight is 1910 g/mol. The Labute approximate surface area is 761 Å². The fourth-order valence-electron chi connectivity index (χ4n) is 16.0. The van der Waals surface area contributed by atoms with Gasteiger partial charge in [-0.2, -0.15) is 39.4 Å². The number of carbonyl (C=O) groups is 10. The second kappa shape index (κ2) is 42.2. The van der Waals surface area contributed by atoms with Crippen molar-refractivity contribution in [1.82, 2.24) is 39.0 Å². The van der Waals surface area contributed by atoms with Crippen LogP contribution >= 0.6 is 0 Å². The van der Waals surface area contributed by atoms with E-state index in [0.717, 1.165) is 84.8 Å². The number of sulfonamides is 1. The van der Waals surface area contributed by atoms with E-state index in [1.807, 2.05) is 0 Å². The molecule has 24 nitrogen and oxygen atoms in total. The molecule has 0 aliphatic carbocycles. The molecule has 0 radical (unpaired) electrons. The first-order valence-electron chi connectivity index (χ1n) is 41.8. The molecule has 5 N–H and O–H groups in total. The summed E-state index contributed by atoms with van der Waals surface area (Å²) in [6.45, 7) is 21.0. The monoisotopic (exact) mass is 1910 g/mol. The van der Waals surface area contributed by atoms with E-state index in [9.17, 15) is 100 Å². The van der Waals surface area contributed by atoms with Gasteiger partial charge in [-0.1, -0.05) is 0 Å². The predicted octanol–water partition coefficient (Wildman–Crippen LogP) is 15.5. The molecule has 4 heterocycles. The lowest BCUT2D eigenvalue weighted by Gasteiger charge is -2.45. The first-order valence-corrected chi connectivity index (χ1v) is 43.6. The third-order valence-electron chi connectivity index (χ3n) is 22.6. The molecular formula is C93H98F16N12O12S. The molecule has 134 heavy (non-hydrogen) atoms. The minimum absolute atomic E-state index is 0.0600. The van der Waals surface area contributed by atoms with Gasteiger partial charge < -0.3 is 56.0 Å². The van der Waals surface area contributed by atoms with Crippen LogP contribution < -0.4 is 26.6 Å². The van der Waals surface area contributed by atoms with E-state index in [1.54, 1.807) is 27.7 Å². The van der Waals surface area contributed by atoms with Gasteiger partial charge in [-0.15, -0.1) is 0 Å². The van der Waals surface area contributed by atoms with E-state index in [-0.39, 0.29) is 144 Å². The summed E-state index contributed by atoms with van der Waals surface area (Å²) in [5.74, 6) is -34.4. The molecule has 8 aromatic rings. The summed E-state index contributed by atoms with van der Waals surface area (Å²) in [5.41, 5.74) is -4.12. The molecule has 4 saturated heterocycles. The number of hydrogen-bond donors (Lipinski definition) is 5. The maximum atomic E-state index is 15.3. The van der Waals surface area contributed by atoms with Crippen molar-refractivity contribution >= 4 is 91.8 Å². The van der Waals surface area contributed by atoms with Crippen LogP contribution in [0, 0.1) is 74.2 Å². The number of amides is 10. The third kappa shape index (κ3) is 24.4. The first-order chi connectivity index (χ1) is 62.3. The molecule has 4 aliphatic heterocycles. The Balaban J connectivity index is 0.000000201. The van der Waals surface area contributed by atoms with Crippen molar-refractivity contribution in [2.24, 2.45) is 0 Å². The van der Waals surface area contributed by atoms with Crippen LogP contribution in [0.4, 0.5) is 93.0 Å². The Morgan fingerprint density at radius 3 is 0.769 bits per heavy atom. The normalized spacial score (nSPS) is 19.0. The van der Waals surface area contributed by atoms with Crippen LogP contribution in [0.3, 0.4) is 0 Å². The highest BCUT2D eigenvalue weighted by atomic mass is 32.2. The van der Waals surface area contributed by atoms with E-state index in [4.69, 9.17) is 0 Å². The Kier molecular flexibility index (Phi) is 33.0. The molecule has 4 fully saturated rings. The Morgan fingerprint density at radius 2 is 0.530 bits per heavy atom. The van der Waals surface area contributed by atoms with Crippen LogP contribution in [0.15, 0.2) is 146 Å². The number of piperazine rings is 4. The SMILES string of the molecule is CC(=O)N1C[C@@H](C)N(C(=O)C(F)(F)c2cc(C(=O)Nc3ccc(F)c(C)c3)ccc2F)[C@@H](C)C1.CC(=O)N1[C@H](C)CN(C(=O)C(F)(F)c2cc(C(=O)Nc3ccc(F)c(C)c3)ccc2F)C[C@@H]1C.Cc1cc(NC(=O)c2ccc(F)c(C(F)(F)C(=O)N3C[C@@H](C)N[C@@H](C)C3)c2)ccc1F.Cc1cc(NC(=O)c2ccc(F)c(C(F)(F)C(=O)N3[C@H](C)CN(S(C)(=O)=O)C[C@@H]3C)c2)ccc1F. The number of nitrogens with zero attached hydrogens (tertiary/aromatic N) is 7. The number of benzene rings is 8. The zero-order chi connectivity index (χ0) is 100.0. The third-order valence-corrected chi connectivity index (χ3v) is 23.8. The van der Waals surface area contributed by atoms with Crippen LogP contribution in [-0.2, 0) is 62.5 Å². The van der Waals surface area contributed by atoms with Gasteiger partial charge in [-0.05, 0) is 251 Å². The van der Waals surface area contributed by atoms with E-state index >= 15 is 26.3 Å². The van der Waals surface area contributed by atoms with Crippen molar-refractivity contribution in [2.75, 3.05) is 79.9 Å². The quantitative estimate of drug-likeness (QED) is 0.0531. The molecule has 0 bridgehead atoms. The van der Waals surface area contributed by atoms with Gasteiger partial charge in [0, 0.05) is 160 Å². The minimum Gasteiger partial charge on any atom is -0.339 e. The van der Waals surface area contributed by atoms with Gasteiger partial charge in [0.1, 0.15) is 46.5 Å². The van der Waals surface area contributed by atoms with Gasteiger partial charge in [-0.3, -0.25) is 47.9 Å². The molecular weight excluding hydrogens is 1810 g/mol. The number of halogens is 16. The second-order valence-corrected chi connectivity index (χ2v) is 35.6. The molecule has 0 saturated carbocycles. The topological polar surface area (TPSA) is 288 Å². The lowest BCUT2D eigenvalue weighted by molar-refractivity contribution is -0.169. The molecule has 8 atom stereocenters. The fraction of sp³-hybridized carbons (Fsp3) is 0.376. The van der Waals surface area contributed by atoms with Gasteiger partial charge in [0.05, 0.1) is 28.5 Å². The molecule has 0 unspecified atom stereocenters. The number of aryl methyl sites for hydroxylation is 4. The number of alkyl halides is 8. The highest BCUT2D eigenvalue weighted by Gasteiger charge is 2.54. The summed E-state index contributed by atoms with van der Waals surface area (Å²) in [4.78, 5) is 131. The number of hydrogen-bond acceptors (Lipinski definition) is 13. The summed E-state index contributed by atoms with van der Waals surface area (Å²) in [6.07, 6.45) is 0.984. The Bertz CT molecular complexity index is 5930. The molecule has 0 aromatic heterocycles. The Hall–Kier alpha value is -12.8. The second-order valence-electron chi connectivity index (χ2n) is 33.6. The molecule has 12 rings (SSSR count). The summed E-state index contributed by atoms with van der Waals surface area (Å²) in [5, 5.41) is 12.9. The Morgan fingerprint density at radius 1 is 0.306 bits per heavy atom.